The molecule has 0 spiro atoms. The van der Waals surface area contributed by atoms with E-state index < -0.39 is 0 Å². The fourth-order valence-corrected chi connectivity index (χ4v) is 3.07. The van der Waals surface area contributed by atoms with E-state index in [1.54, 1.807) is 0 Å². The number of likely N-dealkylation sites (tertiary alicyclic amines) is 1. The number of hydrogen-bond donors (Lipinski definition) is 1. The van der Waals surface area contributed by atoms with Crippen LogP contribution in [-0.4, -0.2) is 36.6 Å². The van der Waals surface area contributed by atoms with Crippen molar-refractivity contribution < 1.29 is 0 Å². The first kappa shape index (κ1) is 12.4. The van der Waals surface area contributed by atoms with Gasteiger partial charge in [-0.1, -0.05) is 33.1 Å². The summed E-state index contributed by atoms with van der Waals surface area (Å²) in [5.41, 5.74) is 0. The molecule has 2 aliphatic rings. The van der Waals surface area contributed by atoms with Crippen LogP contribution in [0.4, 0.5) is 0 Å². The molecule has 2 unspecified atom stereocenters. The Hall–Kier alpha value is -0.0800. The highest BCUT2D eigenvalue weighted by molar-refractivity contribution is 4.87. The molecule has 1 saturated heterocycles. The Kier molecular flexibility index (Phi) is 4.66. The average molecular weight is 224 g/mol. The van der Waals surface area contributed by atoms with Crippen LogP contribution >= 0.6 is 0 Å². The second-order valence-electron chi connectivity index (χ2n) is 5.84. The molecule has 2 rings (SSSR count). The predicted molar refractivity (Wildman–Crippen MR) is 69.7 cm³/mol. The van der Waals surface area contributed by atoms with Gasteiger partial charge in [0.15, 0.2) is 0 Å². The molecule has 2 atom stereocenters. The van der Waals surface area contributed by atoms with Gasteiger partial charge in [0.25, 0.3) is 0 Å². The molecule has 0 bridgehead atoms. The maximum absolute atomic E-state index is 3.74. The highest BCUT2D eigenvalue weighted by atomic mass is 15.2. The SMILES string of the molecule is CCC(C)CNC1CCN(C2CCCC2)C1. The summed E-state index contributed by atoms with van der Waals surface area (Å²) in [5.74, 6) is 0.834. The first-order valence-electron chi connectivity index (χ1n) is 7.27. The van der Waals surface area contributed by atoms with E-state index in [2.05, 4.69) is 24.1 Å². The lowest BCUT2D eigenvalue weighted by atomic mass is 10.1. The number of rotatable bonds is 5. The van der Waals surface area contributed by atoms with Crippen molar-refractivity contribution in [1.82, 2.24) is 10.2 Å². The first-order chi connectivity index (χ1) is 7.79. The van der Waals surface area contributed by atoms with Gasteiger partial charge in [0.05, 0.1) is 0 Å². The van der Waals surface area contributed by atoms with Gasteiger partial charge in [-0.15, -0.1) is 0 Å². The van der Waals surface area contributed by atoms with Gasteiger partial charge in [-0.3, -0.25) is 4.90 Å². The zero-order chi connectivity index (χ0) is 11.4. The molecule has 94 valence electrons. The molecular weight excluding hydrogens is 196 g/mol. The van der Waals surface area contributed by atoms with Crippen molar-refractivity contribution in [2.75, 3.05) is 19.6 Å². The summed E-state index contributed by atoms with van der Waals surface area (Å²) in [4.78, 5) is 2.74. The molecular formula is C14H28N2. The second-order valence-corrected chi connectivity index (χ2v) is 5.84. The van der Waals surface area contributed by atoms with E-state index in [0.29, 0.717) is 0 Å². The largest absolute Gasteiger partial charge is 0.312 e. The van der Waals surface area contributed by atoms with Gasteiger partial charge in [0.2, 0.25) is 0 Å². The molecule has 0 aromatic carbocycles. The molecule has 1 saturated carbocycles. The molecule has 0 amide bonds. The van der Waals surface area contributed by atoms with Crippen LogP contribution in [0.15, 0.2) is 0 Å². The minimum atomic E-state index is 0.773. The van der Waals surface area contributed by atoms with Gasteiger partial charge in [-0.2, -0.15) is 0 Å². The van der Waals surface area contributed by atoms with Crippen LogP contribution in [0.1, 0.15) is 52.4 Å². The molecule has 1 heterocycles. The zero-order valence-corrected chi connectivity index (χ0v) is 11.0. The van der Waals surface area contributed by atoms with Gasteiger partial charge in [-0.05, 0) is 31.7 Å². The van der Waals surface area contributed by atoms with Crippen molar-refractivity contribution in [2.45, 2.75) is 64.5 Å². The first-order valence-corrected chi connectivity index (χ1v) is 7.27. The third-order valence-corrected chi connectivity index (χ3v) is 4.51. The van der Waals surface area contributed by atoms with Gasteiger partial charge in [0.1, 0.15) is 0 Å². The van der Waals surface area contributed by atoms with E-state index in [1.165, 1.54) is 58.2 Å². The monoisotopic (exact) mass is 224 g/mol. The van der Waals surface area contributed by atoms with E-state index in [-0.39, 0.29) is 0 Å². The molecule has 2 nitrogen and oxygen atoms in total. The normalized spacial score (nSPS) is 30.0. The van der Waals surface area contributed by atoms with Crippen LogP contribution in [0.3, 0.4) is 0 Å². The topological polar surface area (TPSA) is 15.3 Å². The molecule has 1 aliphatic heterocycles. The summed E-state index contributed by atoms with van der Waals surface area (Å²) in [7, 11) is 0. The Balaban J connectivity index is 1.67. The lowest BCUT2D eigenvalue weighted by Crippen LogP contribution is -2.37. The summed E-state index contributed by atoms with van der Waals surface area (Å²) in [6.07, 6.45) is 8.51. The van der Waals surface area contributed by atoms with Gasteiger partial charge in [0, 0.05) is 25.2 Å². The van der Waals surface area contributed by atoms with E-state index >= 15 is 0 Å². The van der Waals surface area contributed by atoms with Gasteiger partial charge >= 0.3 is 0 Å². The Morgan fingerprint density at radius 1 is 1.25 bits per heavy atom. The molecule has 2 heteroatoms. The van der Waals surface area contributed by atoms with E-state index in [0.717, 1.165) is 18.0 Å². The Morgan fingerprint density at radius 2 is 2.00 bits per heavy atom. The molecule has 0 aromatic rings. The molecule has 1 N–H and O–H groups in total. The predicted octanol–water partition coefficient (Wildman–Crippen LogP) is 2.64. The summed E-state index contributed by atoms with van der Waals surface area (Å²) in [5, 5.41) is 3.74. The molecule has 0 aromatic heterocycles. The summed E-state index contributed by atoms with van der Waals surface area (Å²) in [6, 6.07) is 1.70. The van der Waals surface area contributed by atoms with Crippen molar-refractivity contribution in [3.8, 4) is 0 Å². The van der Waals surface area contributed by atoms with Crippen LogP contribution in [0.25, 0.3) is 0 Å². The fourth-order valence-electron chi connectivity index (χ4n) is 3.07. The summed E-state index contributed by atoms with van der Waals surface area (Å²) >= 11 is 0. The number of hydrogen-bond acceptors (Lipinski definition) is 2. The smallest absolute Gasteiger partial charge is 0.0207 e. The van der Waals surface area contributed by atoms with Crippen LogP contribution in [0.2, 0.25) is 0 Å². The Labute approximate surface area is 101 Å². The van der Waals surface area contributed by atoms with Crippen LogP contribution < -0.4 is 5.32 Å². The minimum absolute atomic E-state index is 0.773. The standard InChI is InChI=1S/C14H28N2/c1-3-12(2)10-15-13-8-9-16(11-13)14-6-4-5-7-14/h12-15H,3-11H2,1-2H3. The van der Waals surface area contributed by atoms with Crippen molar-refractivity contribution in [3.63, 3.8) is 0 Å². The summed E-state index contributed by atoms with van der Waals surface area (Å²) in [6.45, 7) is 8.48. The van der Waals surface area contributed by atoms with Gasteiger partial charge < -0.3 is 5.32 Å². The third kappa shape index (κ3) is 3.21. The van der Waals surface area contributed by atoms with Crippen molar-refractivity contribution in [1.29, 1.82) is 0 Å². The number of nitrogens with one attached hydrogen (secondary N) is 1. The van der Waals surface area contributed by atoms with Crippen LogP contribution in [-0.2, 0) is 0 Å². The number of nitrogens with zero attached hydrogens (tertiary/aromatic N) is 1. The van der Waals surface area contributed by atoms with Crippen molar-refractivity contribution >= 4 is 0 Å². The lowest BCUT2D eigenvalue weighted by Gasteiger charge is -2.24. The highest BCUT2D eigenvalue weighted by Gasteiger charge is 2.29. The molecule has 2 fully saturated rings. The second kappa shape index (κ2) is 6.02. The maximum Gasteiger partial charge on any atom is 0.0207 e. The summed E-state index contributed by atoms with van der Waals surface area (Å²) < 4.78 is 0. The maximum atomic E-state index is 3.74. The van der Waals surface area contributed by atoms with Gasteiger partial charge in [-0.25, -0.2) is 0 Å². The van der Waals surface area contributed by atoms with E-state index in [9.17, 15) is 0 Å². The van der Waals surface area contributed by atoms with E-state index in [4.69, 9.17) is 0 Å². The molecule has 16 heavy (non-hydrogen) atoms. The fraction of sp³-hybridized carbons (Fsp3) is 1.00. The average Bonchev–Trinajstić information content (AvgIpc) is 2.95. The molecule has 1 aliphatic carbocycles. The van der Waals surface area contributed by atoms with Crippen LogP contribution in [0, 0.1) is 5.92 Å². The quantitative estimate of drug-likeness (QED) is 0.772. The third-order valence-electron chi connectivity index (χ3n) is 4.51. The Morgan fingerprint density at radius 3 is 2.69 bits per heavy atom. The Bertz CT molecular complexity index is 199. The van der Waals surface area contributed by atoms with Crippen molar-refractivity contribution in [2.24, 2.45) is 5.92 Å². The minimum Gasteiger partial charge on any atom is -0.312 e. The van der Waals surface area contributed by atoms with E-state index in [1.807, 2.05) is 0 Å². The molecule has 0 radical (unpaired) electrons. The highest BCUT2D eigenvalue weighted by Crippen LogP contribution is 2.26. The van der Waals surface area contributed by atoms with Crippen molar-refractivity contribution in [3.05, 3.63) is 0 Å². The lowest BCUT2D eigenvalue weighted by molar-refractivity contribution is 0.239. The zero-order valence-electron chi connectivity index (χ0n) is 11.0. The van der Waals surface area contributed by atoms with Crippen LogP contribution in [0.5, 0.6) is 0 Å².